The normalized spacial score (nSPS) is 11.3. The van der Waals surface area contributed by atoms with Gasteiger partial charge in [-0.3, -0.25) is 14.4 Å². The first-order chi connectivity index (χ1) is 16.0. The van der Waals surface area contributed by atoms with E-state index in [-0.39, 0.29) is 42.1 Å². The Bertz CT molecular complexity index is 1190. The summed E-state index contributed by atoms with van der Waals surface area (Å²) in [7, 11) is -4.01. The van der Waals surface area contributed by atoms with Crippen molar-refractivity contribution in [3.05, 3.63) is 52.8 Å². The summed E-state index contributed by atoms with van der Waals surface area (Å²) in [6.07, 6.45) is 0.454. The van der Waals surface area contributed by atoms with Gasteiger partial charge >= 0.3 is 5.97 Å². The number of ketones is 2. The predicted molar refractivity (Wildman–Crippen MR) is 122 cm³/mol. The average Bonchev–Trinajstić information content (AvgIpc) is 2.76. The van der Waals surface area contributed by atoms with Gasteiger partial charge in [0, 0.05) is 17.5 Å². The highest BCUT2D eigenvalue weighted by Gasteiger charge is 2.21. The molecular formula is C24H27FO8S. The molecule has 0 atom stereocenters. The van der Waals surface area contributed by atoms with E-state index in [1.807, 2.05) is 6.92 Å². The van der Waals surface area contributed by atoms with Gasteiger partial charge in [0.05, 0.1) is 24.3 Å². The summed E-state index contributed by atoms with van der Waals surface area (Å²) in [6, 6.07) is 5.95. The maximum absolute atomic E-state index is 14.4. The van der Waals surface area contributed by atoms with Gasteiger partial charge in [-0.05, 0) is 50.1 Å². The number of Topliss-reactive ketones (excluding diaryl/α,β-unsaturated/α-hetero) is 2. The summed E-state index contributed by atoms with van der Waals surface area (Å²) >= 11 is 0. The number of halogens is 1. The quantitative estimate of drug-likeness (QED) is 0.315. The Morgan fingerprint density at radius 3 is 2.38 bits per heavy atom. The molecule has 0 aromatic heterocycles. The third-order valence-electron chi connectivity index (χ3n) is 5.09. The van der Waals surface area contributed by atoms with E-state index >= 15 is 0 Å². The number of rotatable bonds is 13. The van der Waals surface area contributed by atoms with Gasteiger partial charge in [-0.2, -0.15) is 0 Å². The smallest absolute Gasteiger partial charge is 0.303 e. The van der Waals surface area contributed by atoms with Gasteiger partial charge in [0.2, 0.25) is 0 Å². The molecule has 0 amide bonds. The highest BCUT2D eigenvalue weighted by Crippen LogP contribution is 2.33. The fraction of sp³-hybridized carbons (Fsp3) is 0.375. The second-order valence-electron chi connectivity index (χ2n) is 7.73. The molecule has 0 radical (unpaired) electrons. The van der Waals surface area contributed by atoms with Crippen LogP contribution in [0, 0.1) is 5.82 Å². The van der Waals surface area contributed by atoms with E-state index in [1.54, 1.807) is 6.07 Å². The fourth-order valence-electron chi connectivity index (χ4n) is 3.36. The minimum absolute atomic E-state index is 0.0256. The van der Waals surface area contributed by atoms with Crippen molar-refractivity contribution >= 4 is 27.4 Å². The maximum Gasteiger partial charge on any atom is 0.303 e. The van der Waals surface area contributed by atoms with Crippen LogP contribution in [0.5, 0.6) is 11.5 Å². The number of hydrogen-bond acceptors (Lipinski definition) is 7. The SMILES string of the molecule is CCCc1c(OCCCS(=O)(=O)c2ccc(C(=O)CCC(=O)O)cc2F)ccc(C(C)=O)c1O. The number of aromatic hydroxyl groups is 1. The standard InChI is InChI=1S/C24H27FO8S/c1-3-5-18-21(9-7-17(15(2)26)24(18)30)33-12-4-13-34(31,32)22-10-6-16(14-19(22)25)20(27)8-11-23(28)29/h6-7,9-10,14,30H,3-5,8,11-13H2,1-2H3,(H,28,29). The number of aliphatic carboxylic acids is 1. The van der Waals surface area contributed by atoms with Crippen molar-refractivity contribution in [3.63, 3.8) is 0 Å². The van der Waals surface area contributed by atoms with Gasteiger partial charge in [0.15, 0.2) is 21.4 Å². The molecule has 0 heterocycles. The number of sulfone groups is 1. The molecular weight excluding hydrogens is 467 g/mol. The molecule has 0 aliphatic carbocycles. The van der Waals surface area contributed by atoms with Gasteiger partial charge in [-0.1, -0.05) is 13.3 Å². The van der Waals surface area contributed by atoms with Crippen LogP contribution in [-0.2, 0) is 21.1 Å². The van der Waals surface area contributed by atoms with Crippen LogP contribution in [0.15, 0.2) is 35.2 Å². The van der Waals surface area contributed by atoms with E-state index in [1.165, 1.54) is 13.0 Å². The van der Waals surface area contributed by atoms with E-state index in [0.29, 0.717) is 24.2 Å². The molecule has 0 aliphatic rings. The molecule has 10 heteroatoms. The van der Waals surface area contributed by atoms with Crippen LogP contribution >= 0.6 is 0 Å². The largest absolute Gasteiger partial charge is 0.507 e. The lowest BCUT2D eigenvalue weighted by molar-refractivity contribution is -0.136. The third-order valence-corrected chi connectivity index (χ3v) is 6.92. The molecule has 2 N–H and O–H groups in total. The van der Waals surface area contributed by atoms with Crippen molar-refractivity contribution in [2.24, 2.45) is 0 Å². The van der Waals surface area contributed by atoms with Crippen molar-refractivity contribution < 1.29 is 42.1 Å². The number of carboxylic acids is 1. The molecule has 0 saturated heterocycles. The zero-order valence-electron chi connectivity index (χ0n) is 19.0. The Labute approximate surface area is 197 Å². The topological polar surface area (TPSA) is 135 Å². The van der Waals surface area contributed by atoms with Gasteiger partial charge < -0.3 is 14.9 Å². The summed E-state index contributed by atoms with van der Waals surface area (Å²) in [6.45, 7) is 3.21. The summed E-state index contributed by atoms with van der Waals surface area (Å²) in [5.41, 5.74) is 0.546. The van der Waals surface area contributed by atoms with Crippen molar-refractivity contribution in [3.8, 4) is 11.5 Å². The van der Waals surface area contributed by atoms with Gasteiger partial charge in [-0.25, -0.2) is 12.8 Å². The van der Waals surface area contributed by atoms with Crippen molar-refractivity contribution in [2.45, 2.75) is 50.8 Å². The van der Waals surface area contributed by atoms with Crippen molar-refractivity contribution in [2.75, 3.05) is 12.4 Å². The molecule has 34 heavy (non-hydrogen) atoms. The third kappa shape index (κ3) is 6.86. The second-order valence-corrected chi connectivity index (χ2v) is 9.81. The summed E-state index contributed by atoms with van der Waals surface area (Å²) in [4.78, 5) is 33.6. The molecule has 0 unspecified atom stereocenters. The molecule has 2 aromatic carbocycles. The highest BCUT2D eigenvalue weighted by atomic mass is 32.2. The number of benzene rings is 2. The lowest BCUT2D eigenvalue weighted by Gasteiger charge is -2.15. The predicted octanol–water partition coefficient (Wildman–Crippen LogP) is 3.98. The maximum atomic E-state index is 14.4. The molecule has 0 aliphatic heterocycles. The van der Waals surface area contributed by atoms with Gasteiger partial charge in [-0.15, -0.1) is 0 Å². The number of phenols is 1. The number of carbonyl (C=O) groups excluding carboxylic acids is 2. The molecule has 8 nitrogen and oxygen atoms in total. The molecule has 0 spiro atoms. The van der Waals surface area contributed by atoms with Crippen molar-refractivity contribution in [1.29, 1.82) is 0 Å². The number of ether oxygens (including phenoxy) is 1. The molecule has 184 valence electrons. The number of hydrogen-bond donors (Lipinski definition) is 2. The first-order valence-electron chi connectivity index (χ1n) is 10.7. The van der Waals surface area contributed by atoms with E-state index in [4.69, 9.17) is 9.84 Å². The number of phenolic OH excluding ortho intramolecular Hbond substituents is 1. The van der Waals surface area contributed by atoms with E-state index < -0.39 is 44.5 Å². The number of carboxylic acid groups (broad SMARTS) is 1. The zero-order valence-corrected chi connectivity index (χ0v) is 19.8. The lowest BCUT2D eigenvalue weighted by atomic mass is 10.0. The first kappa shape index (κ1) is 27.0. The average molecular weight is 495 g/mol. The zero-order chi connectivity index (χ0) is 25.5. The van der Waals surface area contributed by atoms with Crippen LogP contribution in [0.3, 0.4) is 0 Å². The molecule has 0 fully saturated rings. The summed E-state index contributed by atoms with van der Waals surface area (Å²) in [5, 5.41) is 19.0. The van der Waals surface area contributed by atoms with Crippen LogP contribution in [0.4, 0.5) is 4.39 Å². The Morgan fingerprint density at radius 2 is 1.79 bits per heavy atom. The van der Waals surface area contributed by atoms with Crippen LogP contribution in [-0.4, -0.2) is 48.5 Å². The van der Waals surface area contributed by atoms with Crippen LogP contribution in [0.1, 0.15) is 65.8 Å². The van der Waals surface area contributed by atoms with Crippen LogP contribution < -0.4 is 4.74 Å². The fourth-order valence-corrected chi connectivity index (χ4v) is 4.71. The Morgan fingerprint density at radius 1 is 1.09 bits per heavy atom. The molecule has 2 rings (SSSR count). The van der Waals surface area contributed by atoms with E-state index in [2.05, 4.69) is 0 Å². The Kier molecular flexibility index (Phi) is 9.31. The Balaban J connectivity index is 2.05. The summed E-state index contributed by atoms with van der Waals surface area (Å²) in [5.74, 6) is -3.36. The van der Waals surface area contributed by atoms with Crippen LogP contribution in [0.25, 0.3) is 0 Å². The minimum atomic E-state index is -4.01. The first-order valence-corrected chi connectivity index (χ1v) is 12.4. The highest BCUT2D eigenvalue weighted by molar-refractivity contribution is 7.91. The molecule has 2 aromatic rings. The monoisotopic (exact) mass is 494 g/mol. The van der Waals surface area contributed by atoms with Crippen LogP contribution in [0.2, 0.25) is 0 Å². The molecule has 0 bridgehead atoms. The lowest BCUT2D eigenvalue weighted by Crippen LogP contribution is -2.13. The van der Waals surface area contributed by atoms with E-state index in [0.717, 1.165) is 18.2 Å². The minimum Gasteiger partial charge on any atom is -0.507 e. The molecule has 0 saturated carbocycles. The van der Waals surface area contributed by atoms with E-state index in [9.17, 15) is 32.3 Å². The van der Waals surface area contributed by atoms with Gasteiger partial charge in [0.25, 0.3) is 0 Å². The summed E-state index contributed by atoms with van der Waals surface area (Å²) < 4.78 is 45.2. The Hall–Kier alpha value is -3.27. The van der Waals surface area contributed by atoms with Crippen molar-refractivity contribution in [1.82, 2.24) is 0 Å². The second kappa shape index (κ2) is 11.7. The van der Waals surface area contributed by atoms with Gasteiger partial charge in [0.1, 0.15) is 22.2 Å². The number of carbonyl (C=O) groups is 3.